The highest BCUT2D eigenvalue weighted by Crippen LogP contribution is 2.35. The number of carbonyl (C=O) groups is 2. The average Bonchev–Trinajstić information content (AvgIpc) is 3.49. The molecule has 180 valence electrons. The zero-order valence-electron chi connectivity index (χ0n) is 18.0. The zero-order chi connectivity index (χ0) is 24.2. The van der Waals surface area contributed by atoms with Crippen molar-refractivity contribution < 1.29 is 32.6 Å². The molecule has 0 unspecified atom stereocenters. The monoisotopic (exact) mass is 487 g/mol. The van der Waals surface area contributed by atoms with E-state index in [9.17, 15) is 18.0 Å². The second-order valence-electron chi connectivity index (χ2n) is 7.85. The minimum absolute atomic E-state index is 0.00372. The summed E-state index contributed by atoms with van der Waals surface area (Å²) in [4.78, 5) is 34.0. The van der Waals surface area contributed by atoms with Crippen molar-refractivity contribution in [1.29, 1.82) is 0 Å². The number of fused-ring (bicyclic) bond motifs is 1. The topological polar surface area (TPSA) is 108 Å². The number of aliphatic carboxylic acids is 1. The highest BCUT2D eigenvalue weighted by molar-refractivity contribution is 7.08. The van der Waals surface area contributed by atoms with E-state index in [1.807, 2.05) is 41.9 Å². The van der Waals surface area contributed by atoms with Gasteiger partial charge in [-0.15, -0.1) is 0 Å². The SMILES string of the molecule is CN(C)c1cc(N2C[C@@H]3[C@@H](CNC(=O)c4ccsc4)CO[C@@H]3C2)ncn1.O=C(O)C(F)(F)F. The molecule has 0 radical (unpaired) electrons. The second-order valence-corrected chi connectivity index (χ2v) is 8.63. The molecule has 2 aliphatic rings. The van der Waals surface area contributed by atoms with Crippen molar-refractivity contribution in [2.75, 3.05) is 50.1 Å². The zero-order valence-corrected chi connectivity index (χ0v) is 18.8. The van der Waals surface area contributed by atoms with Crippen molar-refractivity contribution in [2.45, 2.75) is 12.3 Å². The highest BCUT2D eigenvalue weighted by Gasteiger charge is 2.44. The summed E-state index contributed by atoms with van der Waals surface area (Å²) in [6.07, 6.45) is -3.27. The molecular weight excluding hydrogens is 463 g/mol. The number of ether oxygens (including phenoxy) is 1. The summed E-state index contributed by atoms with van der Waals surface area (Å²) in [6.45, 7) is 3.09. The maximum Gasteiger partial charge on any atom is 0.490 e. The number of carboxylic acids is 1. The van der Waals surface area contributed by atoms with Crippen LogP contribution < -0.4 is 15.1 Å². The van der Waals surface area contributed by atoms with E-state index in [2.05, 4.69) is 20.2 Å². The van der Waals surface area contributed by atoms with Crippen LogP contribution in [0.3, 0.4) is 0 Å². The van der Waals surface area contributed by atoms with E-state index >= 15 is 0 Å². The Labute approximate surface area is 192 Å². The summed E-state index contributed by atoms with van der Waals surface area (Å²) < 4.78 is 37.7. The first kappa shape index (κ1) is 24.7. The molecule has 2 saturated heterocycles. The van der Waals surface area contributed by atoms with Gasteiger partial charge in [-0.3, -0.25) is 4.79 Å². The lowest BCUT2D eigenvalue weighted by molar-refractivity contribution is -0.192. The van der Waals surface area contributed by atoms with E-state index in [1.165, 1.54) is 11.3 Å². The van der Waals surface area contributed by atoms with E-state index in [0.29, 0.717) is 25.0 Å². The number of alkyl halides is 3. The summed E-state index contributed by atoms with van der Waals surface area (Å²) in [7, 11) is 3.94. The molecule has 2 N–H and O–H groups in total. The van der Waals surface area contributed by atoms with Crippen LogP contribution in [0.4, 0.5) is 24.8 Å². The van der Waals surface area contributed by atoms with E-state index in [4.69, 9.17) is 14.6 Å². The van der Waals surface area contributed by atoms with Gasteiger partial charge in [0.25, 0.3) is 5.91 Å². The van der Waals surface area contributed by atoms with Gasteiger partial charge >= 0.3 is 12.1 Å². The Kier molecular flexibility index (Phi) is 7.74. The lowest BCUT2D eigenvalue weighted by Crippen LogP contribution is -2.34. The smallest absolute Gasteiger partial charge is 0.475 e. The number of hydrogen-bond donors (Lipinski definition) is 2. The molecule has 1 amide bonds. The number of carboxylic acid groups (broad SMARTS) is 1. The average molecular weight is 488 g/mol. The van der Waals surface area contributed by atoms with Gasteiger partial charge in [0.1, 0.15) is 18.0 Å². The third-order valence-corrected chi connectivity index (χ3v) is 6.09. The van der Waals surface area contributed by atoms with Crippen LogP contribution in [-0.4, -0.2) is 79.6 Å². The van der Waals surface area contributed by atoms with Crippen LogP contribution in [0.15, 0.2) is 29.2 Å². The molecule has 33 heavy (non-hydrogen) atoms. The van der Waals surface area contributed by atoms with Gasteiger partial charge in [0.05, 0.1) is 12.7 Å². The number of halogens is 3. The van der Waals surface area contributed by atoms with Gasteiger partial charge in [0, 0.05) is 62.6 Å². The van der Waals surface area contributed by atoms with Gasteiger partial charge < -0.3 is 25.0 Å². The molecule has 0 aromatic carbocycles. The molecule has 2 aromatic rings. The number of hydrogen-bond acceptors (Lipinski definition) is 8. The number of anilines is 2. The fourth-order valence-electron chi connectivity index (χ4n) is 3.67. The molecule has 0 aliphatic carbocycles. The number of nitrogens with zero attached hydrogens (tertiary/aromatic N) is 4. The third-order valence-electron chi connectivity index (χ3n) is 5.41. The van der Waals surface area contributed by atoms with Gasteiger partial charge in [-0.1, -0.05) is 0 Å². The number of nitrogens with one attached hydrogen (secondary N) is 1. The molecule has 2 aromatic heterocycles. The third kappa shape index (κ3) is 6.32. The quantitative estimate of drug-likeness (QED) is 0.661. The van der Waals surface area contributed by atoms with Crippen molar-refractivity contribution in [3.63, 3.8) is 0 Å². The first-order valence-electron chi connectivity index (χ1n) is 10.0. The predicted octanol–water partition coefficient (Wildman–Crippen LogP) is 2.12. The Hall–Kier alpha value is -2.93. The molecule has 4 rings (SSSR count). The minimum Gasteiger partial charge on any atom is -0.475 e. The summed E-state index contributed by atoms with van der Waals surface area (Å²) >= 11 is 1.53. The van der Waals surface area contributed by atoms with Crippen LogP contribution in [0.25, 0.3) is 0 Å². The van der Waals surface area contributed by atoms with E-state index in [1.54, 1.807) is 6.33 Å². The number of carbonyl (C=O) groups excluding carboxylic acids is 1. The Morgan fingerprint density at radius 2 is 2.06 bits per heavy atom. The Morgan fingerprint density at radius 1 is 1.33 bits per heavy atom. The van der Waals surface area contributed by atoms with Crippen LogP contribution >= 0.6 is 11.3 Å². The largest absolute Gasteiger partial charge is 0.490 e. The Morgan fingerprint density at radius 3 is 2.67 bits per heavy atom. The van der Waals surface area contributed by atoms with Crippen molar-refractivity contribution in [3.8, 4) is 0 Å². The minimum atomic E-state index is -5.08. The lowest BCUT2D eigenvalue weighted by Gasteiger charge is -2.22. The van der Waals surface area contributed by atoms with Gasteiger partial charge in [-0.05, 0) is 11.4 Å². The van der Waals surface area contributed by atoms with E-state index in [-0.39, 0.29) is 12.0 Å². The van der Waals surface area contributed by atoms with Crippen LogP contribution in [0.1, 0.15) is 10.4 Å². The summed E-state index contributed by atoms with van der Waals surface area (Å²) in [6, 6.07) is 3.86. The summed E-state index contributed by atoms with van der Waals surface area (Å²) in [5, 5.41) is 14.0. The second kappa shape index (κ2) is 10.3. The summed E-state index contributed by atoms with van der Waals surface area (Å²) in [5.41, 5.74) is 0.732. The maximum atomic E-state index is 12.2. The lowest BCUT2D eigenvalue weighted by atomic mass is 9.93. The molecular formula is C20H24F3N5O4S. The van der Waals surface area contributed by atoms with Crippen LogP contribution in [0, 0.1) is 11.8 Å². The molecule has 3 atom stereocenters. The van der Waals surface area contributed by atoms with Gasteiger partial charge in [0.2, 0.25) is 0 Å². The Balaban J connectivity index is 0.000000383. The van der Waals surface area contributed by atoms with Crippen molar-refractivity contribution in [1.82, 2.24) is 15.3 Å². The van der Waals surface area contributed by atoms with Crippen LogP contribution in [0.5, 0.6) is 0 Å². The molecule has 2 aliphatic heterocycles. The Bertz CT molecular complexity index is 957. The number of aromatic nitrogens is 2. The standard InChI is InChI=1S/C18H23N5O2S.C2HF3O2/c1-22(2)16-5-17(21-11-20-16)23-7-14-13(9-25-15(14)8-23)6-19-18(24)12-3-4-26-10-12;3-2(4,5)1(6)7/h3-5,10-11,13-15H,6-9H2,1-2H3,(H,19,24);(H,6,7)/t13-,14+,15+;/m0./s1. The van der Waals surface area contributed by atoms with Gasteiger partial charge in [-0.2, -0.15) is 24.5 Å². The molecule has 13 heteroatoms. The normalized spacial score (nSPS) is 21.7. The fourth-order valence-corrected chi connectivity index (χ4v) is 4.31. The van der Waals surface area contributed by atoms with Crippen LogP contribution in [0.2, 0.25) is 0 Å². The summed E-state index contributed by atoms with van der Waals surface area (Å²) in [5.74, 6) is -0.183. The number of rotatable bonds is 5. The number of amides is 1. The molecule has 0 spiro atoms. The first-order chi connectivity index (χ1) is 15.6. The first-order valence-corrected chi connectivity index (χ1v) is 11.0. The van der Waals surface area contributed by atoms with E-state index in [0.717, 1.165) is 30.3 Å². The van der Waals surface area contributed by atoms with E-state index < -0.39 is 12.1 Å². The van der Waals surface area contributed by atoms with Crippen LogP contribution in [-0.2, 0) is 9.53 Å². The fraction of sp³-hybridized carbons (Fsp3) is 0.500. The van der Waals surface area contributed by atoms with Crippen molar-refractivity contribution in [2.24, 2.45) is 11.8 Å². The molecule has 0 bridgehead atoms. The molecule has 0 saturated carbocycles. The number of thiophene rings is 1. The predicted molar refractivity (Wildman–Crippen MR) is 116 cm³/mol. The van der Waals surface area contributed by atoms with Crippen molar-refractivity contribution >= 4 is 34.8 Å². The highest BCUT2D eigenvalue weighted by atomic mass is 32.1. The van der Waals surface area contributed by atoms with Crippen molar-refractivity contribution in [3.05, 3.63) is 34.8 Å². The molecule has 4 heterocycles. The molecule has 9 nitrogen and oxygen atoms in total. The van der Waals surface area contributed by atoms with Gasteiger partial charge in [0.15, 0.2) is 0 Å². The molecule has 2 fully saturated rings. The maximum absolute atomic E-state index is 12.2. The van der Waals surface area contributed by atoms with Gasteiger partial charge in [-0.25, -0.2) is 14.8 Å².